The number of carboxylic acid groups (broad SMARTS) is 1. The zero-order chi connectivity index (χ0) is 7.15. The summed E-state index contributed by atoms with van der Waals surface area (Å²) in [6, 6.07) is 0. The van der Waals surface area contributed by atoms with Crippen LogP contribution in [-0.4, -0.2) is 17.2 Å². The molecule has 0 aromatic heterocycles. The molecular weight excluding hydrogens is 207 g/mol. The number of carbonyl (C=O) groups excluding carboxylic acids is 2. The minimum atomic E-state index is -1.08. The van der Waals surface area contributed by atoms with E-state index >= 15 is 0 Å². The minimum absolute atomic E-state index is 0. The standard InChI is InChI=1S/C3H6O.C2H4O2.2CH3.Co.H2O/c1-3(2)4;1-2(3)4;;;;/h1-2H3;1H3,(H,3,4);2*1H3;;1H2/q;;2*-1;+3;/p-1. The van der Waals surface area contributed by atoms with Gasteiger partial charge in [-0.25, -0.2) is 0 Å². The molecule has 0 aromatic carbocycles. The molecule has 0 rings (SSSR count). The fourth-order valence-electron chi connectivity index (χ4n) is 0. The SMILES string of the molecule is CC(=O)[O-].CC(C)=O.O.[CH3-].[CH3-].[Co+3]. The van der Waals surface area contributed by atoms with Gasteiger partial charge in [0.1, 0.15) is 5.78 Å². The van der Waals surface area contributed by atoms with Gasteiger partial charge in [0.05, 0.1) is 0 Å². The van der Waals surface area contributed by atoms with Crippen LogP contribution in [0.4, 0.5) is 0 Å². The summed E-state index contributed by atoms with van der Waals surface area (Å²) in [6.07, 6.45) is 0. The normalized spacial score (nSPS) is 4.25. The molecule has 0 aliphatic rings. The molecule has 4 nitrogen and oxygen atoms in total. The monoisotopic (exact) mass is 224 g/mol. The molecule has 0 saturated heterocycles. The van der Waals surface area contributed by atoms with Crippen LogP contribution in [0.25, 0.3) is 0 Å². The van der Waals surface area contributed by atoms with Crippen LogP contribution in [0.15, 0.2) is 0 Å². The second kappa shape index (κ2) is 31.1. The zero-order valence-corrected chi connectivity index (χ0v) is 9.10. The second-order valence-electron chi connectivity index (χ2n) is 1.40. The Balaban J connectivity index is -0.0000000112. The van der Waals surface area contributed by atoms with Crippen molar-refractivity contribution in [1.82, 2.24) is 0 Å². The van der Waals surface area contributed by atoms with Gasteiger partial charge in [0, 0.05) is 5.97 Å². The van der Waals surface area contributed by atoms with Gasteiger partial charge in [-0.3, -0.25) is 0 Å². The summed E-state index contributed by atoms with van der Waals surface area (Å²) < 4.78 is 0. The van der Waals surface area contributed by atoms with E-state index in [0.717, 1.165) is 6.92 Å². The number of hydrogen-bond acceptors (Lipinski definition) is 3. The van der Waals surface area contributed by atoms with Gasteiger partial charge in [-0.15, -0.1) is 0 Å². The molecule has 78 valence electrons. The van der Waals surface area contributed by atoms with Crippen molar-refractivity contribution in [2.75, 3.05) is 0 Å². The van der Waals surface area contributed by atoms with Gasteiger partial charge in [-0.2, -0.15) is 0 Å². The fourth-order valence-corrected chi connectivity index (χ4v) is 0. The van der Waals surface area contributed by atoms with Crippen LogP contribution in [0.5, 0.6) is 0 Å². The predicted molar refractivity (Wildman–Crippen MR) is 43.5 cm³/mol. The van der Waals surface area contributed by atoms with Crippen LogP contribution in [-0.2, 0) is 26.4 Å². The number of rotatable bonds is 0. The van der Waals surface area contributed by atoms with E-state index in [2.05, 4.69) is 0 Å². The van der Waals surface area contributed by atoms with E-state index in [0.29, 0.717) is 0 Å². The maximum atomic E-state index is 9.44. The second-order valence-corrected chi connectivity index (χ2v) is 1.40. The van der Waals surface area contributed by atoms with Gasteiger partial charge in [-0.05, 0) is 20.8 Å². The van der Waals surface area contributed by atoms with Gasteiger partial charge in [0.15, 0.2) is 0 Å². The summed E-state index contributed by atoms with van der Waals surface area (Å²) in [5.41, 5.74) is 0. The molecular formula is C7H17CoO4. The molecule has 0 unspecified atom stereocenters. The number of ketones is 1. The third-order valence-electron chi connectivity index (χ3n) is 0. The topological polar surface area (TPSA) is 88.7 Å². The van der Waals surface area contributed by atoms with Crippen molar-refractivity contribution in [2.45, 2.75) is 20.8 Å². The molecule has 0 spiro atoms. The van der Waals surface area contributed by atoms with Crippen LogP contribution in [0.3, 0.4) is 0 Å². The summed E-state index contributed by atoms with van der Waals surface area (Å²) in [6.45, 7) is 4.03. The van der Waals surface area contributed by atoms with Crippen molar-refractivity contribution in [3.63, 3.8) is 0 Å². The third-order valence-corrected chi connectivity index (χ3v) is 0. The van der Waals surface area contributed by atoms with Crippen molar-refractivity contribution < 1.29 is 37.0 Å². The Bertz CT molecular complexity index is 73.4. The Hall–Kier alpha value is -0.394. The van der Waals surface area contributed by atoms with Crippen molar-refractivity contribution in [3.8, 4) is 0 Å². The number of carboxylic acids is 1. The molecule has 0 bridgehead atoms. The quantitative estimate of drug-likeness (QED) is 0.516. The first-order valence-electron chi connectivity index (χ1n) is 2.11. The summed E-state index contributed by atoms with van der Waals surface area (Å²) in [7, 11) is 0. The molecule has 2 N–H and O–H groups in total. The van der Waals surface area contributed by atoms with Crippen molar-refractivity contribution in [1.29, 1.82) is 0 Å². The van der Waals surface area contributed by atoms with Gasteiger partial charge >= 0.3 is 16.8 Å². The van der Waals surface area contributed by atoms with E-state index in [1.807, 2.05) is 0 Å². The Labute approximate surface area is 84.9 Å². The van der Waals surface area contributed by atoms with Gasteiger partial charge in [0.25, 0.3) is 0 Å². The number of aliphatic carboxylic acids is 1. The Kier molecular flexibility index (Phi) is 108. The molecule has 5 heteroatoms. The first-order chi connectivity index (χ1) is 3.46. The maximum absolute atomic E-state index is 9.44. The average molecular weight is 224 g/mol. The summed E-state index contributed by atoms with van der Waals surface area (Å²) in [5, 5.41) is 8.89. The van der Waals surface area contributed by atoms with Gasteiger partial charge in [0.2, 0.25) is 0 Å². The first kappa shape index (κ1) is 41.5. The fraction of sp³-hybridized carbons (Fsp3) is 0.429. The van der Waals surface area contributed by atoms with E-state index in [-0.39, 0.29) is 42.9 Å². The molecule has 12 heavy (non-hydrogen) atoms. The molecule has 0 fully saturated rings. The molecule has 0 aliphatic heterocycles. The molecule has 0 amide bonds. The Morgan fingerprint density at radius 3 is 1.00 bits per heavy atom. The summed E-state index contributed by atoms with van der Waals surface area (Å²) >= 11 is 0. The van der Waals surface area contributed by atoms with E-state index in [4.69, 9.17) is 9.90 Å². The van der Waals surface area contributed by atoms with E-state index in [1.54, 1.807) is 0 Å². The number of carbonyl (C=O) groups is 2. The molecule has 0 saturated carbocycles. The largest absolute Gasteiger partial charge is 3.00 e. The van der Waals surface area contributed by atoms with Crippen LogP contribution >= 0.6 is 0 Å². The molecule has 0 heterocycles. The van der Waals surface area contributed by atoms with Gasteiger partial charge in [-0.1, -0.05) is 0 Å². The molecule has 0 aliphatic carbocycles. The first-order valence-corrected chi connectivity index (χ1v) is 2.11. The maximum Gasteiger partial charge on any atom is 3.00 e. The van der Waals surface area contributed by atoms with Gasteiger partial charge < -0.3 is 35.0 Å². The van der Waals surface area contributed by atoms with Crippen molar-refractivity contribution in [2.24, 2.45) is 0 Å². The van der Waals surface area contributed by atoms with Crippen molar-refractivity contribution in [3.05, 3.63) is 14.9 Å². The van der Waals surface area contributed by atoms with Crippen molar-refractivity contribution >= 4 is 11.8 Å². The molecule has 0 aromatic rings. The van der Waals surface area contributed by atoms with Crippen LogP contribution in [0.2, 0.25) is 0 Å². The van der Waals surface area contributed by atoms with Crippen LogP contribution in [0.1, 0.15) is 20.8 Å². The summed E-state index contributed by atoms with van der Waals surface area (Å²) in [5.74, 6) is -0.917. The van der Waals surface area contributed by atoms with E-state index in [1.165, 1.54) is 13.8 Å². The Morgan fingerprint density at radius 2 is 1.00 bits per heavy atom. The van der Waals surface area contributed by atoms with E-state index in [9.17, 15) is 4.79 Å². The zero-order valence-electron chi connectivity index (χ0n) is 8.06. The predicted octanol–water partition coefficient (Wildman–Crippen LogP) is -0.575. The molecule has 0 radical (unpaired) electrons. The third kappa shape index (κ3) is 4600. The van der Waals surface area contributed by atoms with Crippen LogP contribution in [0, 0.1) is 14.9 Å². The number of hydrogen-bond donors (Lipinski definition) is 0. The van der Waals surface area contributed by atoms with Crippen LogP contribution < -0.4 is 5.11 Å². The smallest absolute Gasteiger partial charge is 0.550 e. The summed E-state index contributed by atoms with van der Waals surface area (Å²) in [4.78, 5) is 18.3. The Morgan fingerprint density at radius 1 is 1.00 bits per heavy atom. The number of Topliss-reactive ketones (excluding diaryl/α,β-unsaturated/α-hetero) is 1. The average Bonchev–Trinajstić information content (AvgIpc) is 1.25. The van der Waals surface area contributed by atoms with E-state index < -0.39 is 5.97 Å². The minimum Gasteiger partial charge on any atom is -0.550 e. The molecule has 0 atom stereocenters.